The van der Waals surface area contributed by atoms with Crippen molar-refractivity contribution >= 4 is 11.9 Å². The van der Waals surface area contributed by atoms with Crippen LogP contribution in [0.5, 0.6) is 11.5 Å². The summed E-state index contributed by atoms with van der Waals surface area (Å²) in [5.74, 6) is -0.689. The average Bonchev–Trinajstić information content (AvgIpc) is 2.68. The number of carbonyl (C=O) groups is 2. The van der Waals surface area contributed by atoms with Crippen LogP contribution in [0.4, 0.5) is 0 Å². The average molecular weight is 385 g/mol. The summed E-state index contributed by atoms with van der Waals surface area (Å²) in [6.07, 6.45) is 0.898. The topological polar surface area (TPSA) is 84.9 Å². The highest BCUT2D eigenvalue weighted by molar-refractivity contribution is 5.82. The number of rotatable bonds is 10. The third kappa shape index (κ3) is 6.30. The molecule has 0 unspecified atom stereocenters. The number of aliphatic carboxylic acids is 1. The molecule has 0 spiro atoms. The number of carboxylic acid groups (broad SMARTS) is 1. The summed E-state index contributed by atoms with van der Waals surface area (Å²) in [5.41, 5.74) is 3.02. The smallest absolute Gasteiger partial charge is 0.307 e. The van der Waals surface area contributed by atoms with Gasteiger partial charge in [0.25, 0.3) is 0 Å². The molecule has 0 aliphatic rings. The van der Waals surface area contributed by atoms with E-state index in [1.54, 1.807) is 14.2 Å². The van der Waals surface area contributed by atoms with Gasteiger partial charge in [0.05, 0.1) is 20.1 Å². The lowest BCUT2D eigenvalue weighted by Crippen LogP contribution is -2.30. The van der Waals surface area contributed by atoms with Gasteiger partial charge in [-0.3, -0.25) is 9.59 Å². The van der Waals surface area contributed by atoms with Crippen LogP contribution in [0.2, 0.25) is 0 Å². The van der Waals surface area contributed by atoms with Gasteiger partial charge in [-0.25, -0.2) is 0 Å². The fraction of sp³-hybridized carbons (Fsp3) is 0.364. The summed E-state index contributed by atoms with van der Waals surface area (Å²) >= 11 is 0. The molecule has 0 aromatic heterocycles. The van der Waals surface area contributed by atoms with Crippen molar-refractivity contribution in [1.29, 1.82) is 0 Å². The zero-order chi connectivity index (χ0) is 20.5. The van der Waals surface area contributed by atoms with Gasteiger partial charge >= 0.3 is 5.97 Å². The van der Waals surface area contributed by atoms with Gasteiger partial charge in [0.1, 0.15) is 0 Å². The molecule has 0 saturated heterocycles. The lowest BCUT2D eigenvalue weighted by Gasteiger charge is -2.13. The number of benzene rings is 2. The van der Waals surface area contributed by atoms with Crippen LogP contribution < -0.4 is 14.8 Å². The Morgan fingerprint density at radius 1 is 1.00 bits per heavy atom. The van der Waals surface area contributed by atoms with Gasteiger partial charge in [0.15, 0.2) is 11.5 Å². The minimum atomic E-state index is -0.962. The van der Waals surface area contributed by atoms with Crippen LogP contribution in [0, 0.1) is 12.8 Å². The molecule has 0 radical (unpaired) electrons. The maximum atomic E-state index is 12.2. The Morgan fingerprint density at radius 3 is 2.25 bits per heavy atom. The molecule has 6 nitrogen and oxygen atoms in total. The summed E-state index contributed by atoms with van der Waals surface area (Å²) in [4.78, 5) is 23.7. The van der Waals surface area contributed by atoms with E-state index in [4.69, 9.17) is 9.47 Å². The van der Waals surface area contributed by atoms with E-state index in [9.17, 15) is 14.7 Å². The third-order valence-electron chi connectivity index (χ3n) is 4.57. The molecular formula is C22H27NO5. The van der Waals surface area contributed by atoms with Gasteiger partial charge < -0.3 is 19.9 Å². The van der Waals surface area contributed by atoms with E-state index in [1.165, 1.54) is 0 Å². The predicted molar refractivity (Wildman–Crippen MR) is 107 cm³/mol. The minimum Gasteiger partial charge on any atom is -0.493 e. The molecule has 2 N–H and O–H groups in total. The molecule has 28 heavy (non-hydrogen) atoms. The second kappa shape index (κ2) is 10.3. The van der Waals surface area contributed by atoms with Gasteiger partial charge in [-0.1, -0.05) is 35.9 Å². The molecule has 2 aromatic carbocycles. The second-order valence-electron chi connectivity index (χ2n) is 6.72. The summed E-state index contributed by atoms with van der Waals surface area (Å²) in [6.45, 7) is 2.40. The lowest BCUT2D eigenvalue weighted by molar-refractivity contribution is -0.144. The first-order valence-electron chi connectivity index (χ1n) is 9.19. The van der Waals surface area contributed by atoms with Crippen LogP contribution in [-0.2, 0) is 22.4 Å². The fourth-order valence-corrected chi connectivity index (χ4v) is 2.93. The maximum absolute atomic E-state index is 12.2. The monoisotopic (exact) mass is 385 g/mol. The molecule has 150 valence electrons. The summed E-state index contributed by atoms with van der Waals surface area (Å²) in [7, 11) is 3.15. The van der Waals surface area contributed by atoms with E-state index in [0.717, 1.165) is 16.7 Å². The molecule has 1 amide bonds. The normalized spacial score (nSPS) is 11.5. The molecule has 0 aliphatic heterocycles. The Balaban J connectivity index is 1.86. The zero-order valence-corrected chi connectivity index (χ0v) is 16.5. The van der Waals surface area contributed by atoms with E-state index >= 15 is 0 Å². The molecule has 6 heteroatoms. The van der Waals surface area contributed by atoms with Gasteiger partial charge in [-0.2, -0.15) is 0 Å². The highest BCUT2D eigenvalue weighted by Crippen LogP contribution is 2.27. The number of ether oxygens (including phenoxy) is 2. The molecular weight excluding hydrogens is 358 g/mol. The summed E-state index contributed by atoms with van der Waals surface area (Å²) in [6, 6.07) is 13.3. The molecule has 1 atom stereocenters. The van der Waals surface area contributed by atoms with Crippen LogP contribution in [0.1, 0.15) is 23.1 Å². The first-order chi connectivity index (χ1) is 13.4. The molecule has 0 aliphatic carbocycles. The summed E-state index contributed by atoms with van der Waals surface area (Å²) in [5, 5.41) is 12.2. The van der Waals surface area contributed by atoms with Crippen molar-refractivity contribution in [2.75, 3.05) is 20.8 Å². The Bertz CT molecular complexity index is 801. The van der Waals surface area contributed by atoms with E-state index in [-0.39, 0.29) is 12.3 Å². The number of nitrogens with one attached hydrogen (secondary N) is 1. The van der Waals surface area contributed by atoms with Crippen LogP contribution in [0.15, 0.2) is 42.5 Å². The zero-order valence-electron chi connectivity index (χ0n) is 16.5. The maximum Gasteiger partial charge on any atom is 0.307 e. The van der Waals surface area contributed by atoms with Gasteiger partial charge in [0, 0.05) is 13.0 Å². The molecule has 2 aromatic rings. The Labute approximate surface area is 165 Å². The van der Waals surface area contributed by atoms with E-state index < -0.39 is 11.9 Å². The second-order valence-corrected chi connectivity index (χ2v) is 6.72. The first-order valence-corrected chi connectivity index (χ1v) is 9.19. The minimum absolute atomic E-state index is 0.0465. The van der Waals surface area contributed by atoms with Crippen molar-refractivity contribution < 1.29 is 24.2 Å². The quantitative estimate of drug-likeness (QED) is 0.657. The van der Waals surface area contributed by atoms with Gasteiger partial charge in [0.2, 0.25) is 5.91 Å². The van der Waals surface area contributed by atoms with Crippen LogP contribution in [0.25, 0.3) is 0 Å². The van der Waals surface area contributed by atoms with Gasteiger partial charge in [-0.05, 0) is 43.0 Å². The van der Waals surface area contributed by atoms with Crippen LogP contribution in [-0.4, -0.2) is 37.7 Å². The molecule has 0 fully saturated rings. The molecule has 2 rings (SSSR count). The Kier molecular flexibility index (Phi) is 7.87. The number of carboxylic acids is 1. The Morgan fingerprint density at radius 2 is 1.64 bits per heavy atom. The van der Waals surface area contributed by atoms with Crippen molar-refractivity contribution in [3.63, 3.8) is 0 Å². The summed E-state index contributed by atoms with van der Waals surface area (Å²) < 4.78 is 10.5. The standard InChI is InChI=1S/C22H27NO5/c1-15-4-6-16(7-5-15)12-18(22(25)26)14-21(24)23-11-10-17-8-9-19(27-2)20(13-17)28-3/h4-9,13,18H,10-12,14H2,1-3H3,(H,23,24)(H,25,26)/t18-/m1/s1. The highest BCUT2D eigenvalue weighted by Gasteiger charge is 2.21. The molecule has 0 bridgehead atoms. The largest absolute Gasteiger partial charge is 0.493 e. The number of hydrogen-bond donors (Lipinski definition) is 2. The van der Waals surface area contributed by atoms with E-state index in [1.807, 2.05) is 49.4 Å². The number of amides is 1. The SMILES string of the molecule is COc1ccc(CCNC(=O)C[C@@H](Cc2ccc(C)cc2)C(=O)O)cc1OC. The van der Waals surface area contributed by atoms with Crippen molar-refractivity contribution in [3.8, 4) is 11.5 Å². The van der Waals surface area contributed by atoms with Crippen LogP contribution in [0.3, 0.4) is 0 Å². The highest BCUT2D eigenvalue weighted by atomic mass is 16.5. The van der Waals surface area contributed by atoms with Crippen molar-refractivity contribution in [2.24, 2.45) is 5.92 Å². The van der Waals surface area contributed by atoms with Crippen molar-refractivity contribution in [3.05, 3.63) is 59.2 Å². The fourth-order valence-electron chi connectivity index (χ4n) is 2.93. The predicted octanol–water partition coefficient (Wildman–Crippen LogP) is 3.00. The number of aryl methyl sites for hydroxylation is 1. The van der Waals surface area contributed by atoms with Crippen molar-refractivity contribution in [1.82, 2.24) is 5.32 Å². The molecule has 0 saturated carbocycles. The lowest BCUT2D eigenvalue weighted by atomic mass is 9.95. The Hall–Kier alpha value is -3.02. The third-order valence-corrected chi connectivity index (χ3v) is 4.57. The van der Waals surface area contributed by atoms with E-state index in [0.29, 0.717) is 30.9 Å². The van der Waals surface area contributed by atoms with Crippen LogP contribution >= 0.6 is 0 Å². The molecule has 0 heterocycles. The first kappa shape index (κ1) is 21.3. The number of carbonyl (C=O) groups excluding carboxylic acids is 1. The van der Waals surface area contributed by atoms with Crippen molar-refractivity contribution in [2.45, 2.75) is 26.2 Å². The van der Waals surface area contributed by atoms with Gasteiger partial charge in [-0.15, -0.1) is 0 Å². The number of hydrogen-bond acceptors (Lipinski definition) is 4. The number of methoxy groups -OCH3 is 2. The van der Waals surface area contributed by atoms with E-state index in [2.05, 4.69) is 5.32 Å².